The second kappa shape index (κ2) is 4.54. The van der Waals surface area contributed by atoms with Gasteiger partial charge in [-0.1, -0.05) is 0 Å². The maximum atomic E-state index is 12.0. The van der Waals surface area contributed by atoms with Crippen LogP contribution in [-0.2, 0) is 0 Å². The first-order chi connectivity index (χ1) is 12.4. The van der Waals surface area contributed by atoms with Crippen LogP contribution in [0.15, 0.2) is 52.3 Å². The molecule has 0 unspecified atom stereocenters. The zero-order valence-electron chi connectivity index (χ0n) is 13.8. The number of benzene rings is 3. The molecule has 2 aromatic heterocycles. The Hall–Kier alpha value is -3.54. The molecule has 2 heterocycles. The van der Waals surface area contributed by atoms with Crippen molar-refractivity contribution in [1.82, 2.24) is 0 Å². The second-order valence-corrected chi connectivity index (χ2v) is 6.50. The number of fused-ring (bicyclic) bond motifs is 4. The van der Waals surface area contributed by atoms with Crippen LogP contribution in [-0.4, -0.2) is 0 Å². The highest BCUT2D eigenvalue weighted by Crippen LogP contribution is 2.33. The van der Waals surface area contributed by atoms with Gasteiger partial charge in [-0.2, -0.15) is 0 Å². The molecule has 26 heavy (non-hydrogen) atoms. The predicted molar refractivity (Wildman–Crippen MR) is 97.9 cm³/mol. The van der Waals surface area contributed by atoms with Gasteiger partial charge in [0.1, 0.15) is 0 Å². The zero-order chi connectivity index (χ0) is 18.3. The third-order valence-electron chi connectivity index (χ3n) is 5.14. The molecular weight excluding hydrogens is 336 g/mol. The Kier molecular flexibility index (Phi) is 2.58. The Bertz CT molecular complexity index is 1500. The predicted octanol–water partition coefficient (Wildman–Crippen LogP) is 2.42. The van der Waals surface area contributed by atoms with Crippen molar-refractivity contribution in [2.45, 2.75) is 13.8 Å². The molecule has 0 aliphatic heterocycles. The van der Waals surface area contributed by atoms with E-state index in [4.69, 9.17) is 4.42 Å². The number of hydrogen-bond donors (Lipinski definition) is 0. The molecular formula is C20H10O6. The van der Waals surface area contributed by atoms with Gasteiger partial charge in [-0.15, -0.1) is 0 Å². The lowest BCUT2D eigenvalue weighted by Gasteiger charge is -2.09. The van der Waals surface area contributed by atoms with Gasteiger partial charge in [-0.05, 0) is 70.8 Å². The monoisotopic (exact) mass is 346 g/mol. The molecule has 5 rings (SSSR count). The first-order valence-corrected chi connectivity index (χ1v) is 7.94. The van der Waals surface area contributed by atoms with Gasteiger partial charge in [0.05, 0.1) is 21.5 Å². The van der Waals surface area contributed by atoms with E-state index >= 15 is 0 Å². The Balaban J connectivity index is 2.09. The number of aryl methyl sites for hydroxylation is 2. The van der Waals surface area contributed by atoms with Gasteiger partial charge in [0.15, 0.2) is 0 Å². The molecule has 126 valence electrons. The van der Waals surface area contributed by atoms with Gasteiger partial charge in [0.2, 0.25) is 0 Å². The average Bonchev–Trinajstić information content (AvgIpc) is 3.05. The van der Waals surface area contributed by atoms with Crippen LogP contribution in [0.4, 0.5) is 0 Å². The summed E-state index contributed by atoms with van der Waals surface area (Å²) in [5.74, 6) is 0. The molecule has 0 aliphatic rings. The number of rotatable bonds is 0. The minimum absolute atomic E-state index is 0.229. The third-order valence-corrected chi connectivity index (χ3v) is 5.14. The molecule has 0 radical (unpaired) electrons. The van der Waals surface area contributed by atoms with Crippen molar-refractivity contribution in [2.24, 2.45) is 0 Å². The lowest BCUT2D eigenvalue weighted by molar-refractivity contribution is 0.499. The summed E-state index contributed by atoms with van der Waals surface area (Å²) in [6.45, 7) is 3.52. The highest BCUT2D eigenvalue weighted by molar-refractivity contribution is 6.11. The molecule has 0 aliphatic carbocycles. The normalized spacial score (nSPS) is 12.1. The first-order valence-electron chi connectivity index (χ1n) is 7.94. The maximum absolute atomic E-state index is 12.0. The molecule has 0 saturated heterocycles. The fraction of sp³-hybridized carbons (Fsp3) is 0.100. The van der Waals surface area contributed by atoms with E-state index in [1.165, 1.54) is 0 Å². The van der Waals surface area contributed by atoms with Gasteiger partial charge >= 0.3 is 22.5 Å². The molecule has 0 amide bonds. The largest absolute Gasteiger partial charge is 0.386 e. The Morgan fingerprint density at radius 2 is 0.885 bits per heavy atom. The van der Waals surface area contributed by atoms with Gasteiger partial charge in [0, 0.05) is 0 Å². The zero-order valence-corrected chi connectivity index (χ0v) is 13.8. The summed E-state index contributed by atoms with van der Waals surface area (Å²) < 4.78 is 9.43. The van der Waals surface area contributed by atoms with Crippen molar-refractivity contribution in [3.8, 4) is 0 Å². The van der Waals surface area contributed by atoms with Gasteiger partial charge < -0.3 is 8.83 Å². The van der Waals surface area contributed by atoms with Gasteiger partial charge in [0.25, 0.3) is 0 Å². The lowest BCUT2D eigenvalue weighted by atomic mass is 9.92. The molecule has 6 nitrogen and oxygen atoms in total. The molecule has 0 atom stereocenters. The molecule has 0 bridgehead atoms. The molecule has 0 N–H and O–H groups in total. The summed E-state index contributed by atoms with van der Waals surface area (Å²) in [5.41, 5.74) is -1.31. The van der Waals surface area contributed by atoms with E-state index in [2.05, 4.69) is 4.42 Å². The topological polar surface area (TPSA) is 94.6 Å². The summed E-state index contributed by atoms with van der Waals surface area (Å²) in [5, 5.41) is 4.09. The van der Waals surface area contributed by atoms with Crippen LogP contribution in [0.2, 0.25) is 0 Å². The highest BCUT2D eigenvalue weighted by Gasteiger charge is 2.19. The standard InChI is InChI=1S/C20H10O6/c1-7-11-3-9-5-13-14(18(22)25-17(13)21)6-10(9)4-12(11)8(2)16-15(7)19(23)26-20(16)24/h3-6H,1-2H3. The van der Waals surface area contributed by atoms with Crippen LogP contribution in [0.25, 0.3) is 43.1 Å². The summed E-state index contributed by atoms with van der Waals surface area (Å²) in [7, 11) is 0. The fourth-order valence-corrected chi connectivity index (χ4v) is 3.84. The van der Waals surface area contributed by atoms with Crippen molar-refractivity contribution in [1.29, 1.82) is 0 Å². The van der Waals surface area contributed by atoms with Crippen molar-refractivity contribution in [2.75, 3.05) is 0 Å². The van der Waals surface area contributed by atoms with E-state index in [9.17, 15) is 19.2 Å². The number of furan rings is 2. The van der Waals surface area contributed by atoms with Gasteiger partial charge in [-0.25, -0.2) is 19.2 Å². The maximum Gasteiger partial charge on any atom is 0.347 e. The molecule has 5 aromatic rings. The summed E-state index contributed by atoms with van der Waals surface area (Å²) >= 11 is 0. The third kappa shape index (κ3) is 1.65. The van der Waals surface area contributed by atoms with Crippen molar-refractivity contribution >= 4 is 43.1 Å². The van der Waals surface area contributed by atoms with Crippen LogP contribution in [0.1, 0.15) is 11.1 Å². The molecule has 6 heteroatoms. The Morgan fingerprint density at radius 1 is 0.538 bits per heavy atom. The fourth-order valence-electron chi connectivity index (χ4n) is 3.84. The molecule has 0 saturated carbocycles. The van der Waals surface area contributed by atoms with E-state index in [1.54, 1.807) is 26.0 Å². The van der Waals surface area contributed by atoms with Crippen molar-refractivity contribution < 1.29 is 8.83 Å². The van der Waals surface area contributed by atoms with E-state index in [0.29, 0.717) is 11.1 Å². The highest BCUT2D eigenvalue weighted by atomic mass is 16.4. The van der Waals surface area contributed by atoms with E-state index < -0.39 is 22.5 Å². The first kappa shape index (κ1) is 14.8. The molecule has 3 aromatic carbocycles. The smallest absolute Gasteiger partial charge is 0.347 e. The summed E-state index contributed by atoms with van der Waals surface area (Å²) in [6.07, 6.45) is 0. The second-order valence-electron chi connectivity index (χ2n) is 6.50. The van der Waals surface area contributed by atoms with Crippen LogP contribution in [0, 0.1) is 13.8 Å². The summed E-state index contributed by atoms with van der Waals surface area (Å²) in [4.78, 5) is 47.7. The van der Waals surface area contributed by atoms with Crippen LogP contribution < -0.4 is 22.5 Å². The van der Waals surface area contributed by atoms with E-state index in [-0.39, 0.29) is 21.5 Å². The van der Waals surface area contributed by atoms with E-state index in [1.807, 2.05) is 12.1 Å². The molecule has 0 spiro atoms. The minimum atomic E-state index is -0.664. The summed E-state index contributed by atoms with van der Waals surface area (Å²) in [6, 6.07) is 6.92. The SMILES string of the molecule is Cc1c2cc3cc4c(=O)oc(=O)c4cc3cc2c(C)c2c(=O)oc(=O)c12. The van der Waals surface area contributed by atoms with Crippen LogP contribution in [0.5, 0.6) is 0 Å². The van der Waals surface area contributed by atoms with Crippen molar-refractivity contribution in [3.05, 3.63) is 77.1 Å². The lowest BCUT2D eigenvalue weighted by Crippen LogP contribution is -1.97. The van der Waals surface area contributed by atoms with Crippen LogP contribution in [0.3, 0.4) is 0 Å². The Labute approximate surface area is 143 Å². The minimum Gasteiger partial charge on any atom is -0.386 e. The number of hydrogen-bond acceptors (Lipinski definition) is 6. The molecule has 0 fully saturated rings. The Morgan fingerprint density at radius 3 is 1.31 bits per heavy atom. The van der Waals surface area contributed by atoms with Gasteiger partial charge in [-0.3, -0.25) is 0 Å². The van der Waals surface area contributed by atoms with Crippen LogP contribution >= 0.6 is 0 Å². The van der Waals surface area contributed by atoms with Crippen molar-refractivity contribution in [3.63, 3.8) is 0 Å². The average molecular weight is 346 g/mol. The quantitative estimate of drug-likeness (QED) is 0.400. The van der Waals surface area contributed by atoms with E-state index in [0.717, 1.165) is 21.5 Å².